The maximum absolute atomic E-state index is 6.32. The molecule has 5 nitrogen and oxygen atoms in total. The summed E-state index contributed by atoms with van der Waals surface area (Å²) in [5.41, 5.74) is 5.15. The van der Waals surface area contributed by atoms with Crippen molar-refractivity contribution in [1.82, 2.24) is 0 Å². The van der Waals surface area contributed by atoms with Gasteiger partial charge in [-0.25, -0.2) is 0 Å². The zero-order valence-electron chi connectivity index (χ0n) is 14.1. The van der Waals surface area contributed by atoms with E-state index >= 15 is 0 Å². The van der Waals surface area contributed by atoms with Gasteiger partial charge in [-0.2, -0.15) is 17.7 Å². The molecule has 9 heteroatoms. The maximum Gasteiger partial charge on any atom is 1.00 e. The molecule has 1 aromatic carbocycles. The van der Waals surface area contributed by atoms with Crippen molar-refractivity contribution in [2.75, 3.05) is 13.2 Å². The molecule has 2 rings (SSSR count). The van der Waals surface area contributed by atoms with Crippen molar-refractivity contribution in [3.63, 3.8) is 0 Å². The minimum absolute atomic E-state index is 0. The molecule has 124 valence electrons. The largest absolute Gasteiger partial charge is 1.00 e. The van der Waals surface area contributed by atoms with Crippen molar-refractivity contribution in [3.8, 4) is 5.75 Å². The third-order valence-electron chi connectivity index (χ3n) is 3.88. The average molecular weight is 387 g/mol. The van der Waals surface area contributed by atoms with Crippen LogP contribution in [-0.4, -0.2) is 36.9 Å². The SMILES string of the molecule is CC1(C)OB(c2c[c-]c(OCCN)c(Cl)c2Cl)OC1(C)C.[K+].[OH-]. The summed E-state index contributed by atoms with van der Waals surface area (Å²) in [6.45, 7) is 8.65. The summed E-state index contributed by atoms with van der Waals surface area (Å²) in [7, 11) is -0.584. The Hall–Kier alpha value is 1.14. The molecule has 23 heavy (non-hydrogen) atoms. The van der Waals surface area contributed by atoms with Gasteiger partial charge in [0.1, 0.15) is 0 Å². The van der Waals surface area contributed by atoms with E-state index in [9.17, 15) is 0 Å². The molecule has 0 aromatic heterocycles. The second-order valence-electron chi connectivity index (χ2n) is 5.93. The third-order valence-corrected chi connectivity index (χ3v) is 4.74. The summed E-state index contributed by atoms with van der Waals surface area (Å²) in [6.07, 6.45) is 0. The molecule has 3 N–H and O–H groups in total. The van der Waals surface area contributed by atoms with E-state index in [2.05, 4.69) is 6.07 Å². The molecule has 1 saturated heterocycles. The number of benzene rings is 1. The monoisotopic (exact) mass is 386 g/mol. The third kappa shape index (κ3) is 5.08. The fourth-order valence-electron chi connectivity index (χ4n) is 1.90. The Morgan fingerprint density at radius 3 is 2.17 bits per heavy atom. The standard InChI is InChI=1S/C14H19BCl2NO3.K.H2O/c1-13(2)14(3,4)21-15(20-13)9-5-6-10(19-8-7-18)12(17)11(9)16;;/h5H,7-8,18H2,1-4H3;;1H2/q-1;+1;/p-1. The molecule has 0 bridgehead atoms. The Morgan fingerprint density at radius 2 is 1.70 bits per heavy atom. The van der Waals surface area contributed by atoms with E-state index < -0.39 is 18.3 Å². The number of ether oxygens (including phenoxy) is 1. The number of nitrogens with two attached hydrogens (primary N) is 1. The summed E-state index contributed by atoms with van der Waals surface area (Å²) >= 11 is 12.5. The number of hydrogen-bond acceptors (Lipinski definition) is 5. The van der Waals surface area contributed by atoms with Crippen molar-refractivity contribution in [3.05, 3.63) is 22.2 Å². The predicted octanol–water partition coefficient (Wildman–Crippen LogP) is -0.743. The molecule has 0 saturated carbocycles. The molecule has 1 fully saturated rings. The summed E-state index contributed by atoms with van der Waals surface area (Å²) in [4.78, 5) is 0. The first-order valence-corrected chi connectivity index (χ1v) is 7.53. The van der Waals surface area contributed by atoms with E-state index in [-0.39, 0.29) is 61.9 Å². The van der Waals surface area contributed by atoms with E-state index in [1.165, 1.54) is 0 Å². The maximum atomic E-state index is 6.32. The molecule has 0 spiro atoms. The summed E-state index contributed by atoms with van der Waals surface area (Å²) < 4.78 is 17.3. The van der Waals surface area contributed by atoms with Gasteiger partial charge in [-0.15, -0.1) is 17.7 Å². The van der Waals surface area contributed by atoms with Crippen LogP contribution in [0.15, 0.2) is 6.07 Å². The smallest absolute Gasteiger partial charge is 0.870 e. The molecule has 0 aliphatic carbocycles. The van der Waals surface area contributed by atoms with Crippen LogP contribution in [0.1, 0.15) is 27.7 Å². The van der Waals surface area contributed by atoms with Crippen molar-refractivity contribution in [1.29, 1.82) is 0 Å². The van der Waals surface area contributed by atoms with Crippen LogP contribution in [0.5, 0.6) is 5.75 Å². The fourth-order valence-corrected chi connectivity index (χ4v) is 2.35. The molecule has 0 atom stereocenters. The Labute approximate surface area is 190 Å². The Morgan fingerprint density at radius 1 is 1.17 bits per heavy atom. The zero-order chi connectivity index (χ0) is 15.8. The molecular weight excluding hydrogens is 367 g/mol. The summed E-state index contributed by atoms with van der Waals surface area (Å²) in [5.74, 6) is 0.382. The van der Waals surface area contributed by atoms with Crippen LogP contribution in [-0.2, 0) is 9.31 Å². The minimum Gasteiger partial charge on any atom is -0.870 e. The first kappa shape index (κ1) is 24.1. The van der Waals surface area contributed by atoms with Crippen molar-refractivity contribution < 1.29 is 70.9 Å². The number of hydrogen-bond donors (Lipinski definition) is 1. The normalized spacial score (nSPS) is 18.1. The summed E-state index contributed by atoms with van der Waals surface area (Å²) in [6, 6.07) is 4.64. The van der Waals surface area contributed by atoms with Crippen LogP contribution in [0.2, 0.25) is 10.0 Å². The Balaban J connectivity index is 0.00000242. The molecule has 0 radical (unpaired) electrons. The Kier molecular flexibility index (Phi) is 9.64. The van der Waals surface area contributed by atoms with Gasteiger partial charge in [0, 0.05) is 12.3 Å². The van der Waals surface area contributed by atoms with Gasteiger partial charge in [-0.3, -0.25) is 0 Å². The van der Waals surface area contributed by atoms with Gasteiger partial charge in [-0.05, 0) is 37.7 Å². The van der Waals surface area contributed by atoms with Crippen LogP contribution >= 0.6 is 23.2 Å². The van der Waals surface area contributed by atoms with Crippen LogP contribution in [0, 0.1) is 6.07 Å². The fraction of sp³-hybridized carbons (Fsp3) is 0.571. The van der Waals surface area contributed by atoms with E-state index in [1.807, 2.05) is 27.7 Å². The minimum atomic E-state index is -0.584. The van der Waals surface area contributed by atoms with Crippen LogP contribution in [0.3, 0.4) is 0 Å². The first-order valence-electron chi connectivity index (χ1n) is 6.77. The van der Waals surface area contributed by atoms with Gasteiger partial charge in [0.2, 0.25) is 0 Å². The van der Waals surface area contributed by atoms with Crippen LogP contribution < -0.4 is 67.3 Å². The van der Waals surface area contributed by atoms with E-state index in [0.29, 0.717) is 29.4 Å². The van der Waals surface area contributed by atoms with Crippen molar-refractivity contribution in [2.45, 2.75) is 38.9 Å². The van der Waals surface area contributed by atoms with Crippen LogP contribution in [0.4, 0.5) is 0 Å². The van der Waals surface area contributed by atoms with Gasteiger partial charge >= 0.3 is 58.5 Å². The second kappa shape index (κ2) is 9.19. The van der Waals surface area contributed by atoms with Gasteiger partial charge in [0.15, 0.2) is 0 Å². The van der Waals surface area contributed by atoms with Crippen molar-refractivity contribution in [2.24, 2.45) is 5.73 Å². The van der Waals surface area contributed by atoms with Gasteiger partial charge in [-0.1, -0.05) is 5.46 Å². The van der Waals surface area contributed by atoms with E-state index in [1.54, 1.807) is 6.07 Å². The molecule has 1 aromatic rings. The summed E-state index contributed by atoms with van der Waals surface area (Å²) in [5, 5.41) is 0.637. The quantitative estimate of drug-likeness (QED) is 0.544. The number of rotatable bonds is 4. The van der Waals surface area contributed by atoms with Crippen LogP contribution in [0.25, 0.3) is 0 Å². The molecule has 0 amide bonds. The molecule has 0 unspecified atom stereocenters. The average Bonchev–Trinajstić information content (AvgIpc) is 2.60. The molecule has 1 aliphatic rings. The second-order valence-corrected chi connectivity index (χ2v) is 6.68. The first-order chi connectivity index (χ1) is 9.69. The number of halogens is 2. The molecule has 1 aliphatic heterocycles. The van der Waals surface area contributed by atoms with Gasteiger partial charge < -0.3 is 25.3 Å². The van der Waals surface area contributed by atoms with Gasteiger partial charge in [0.25, 0.3) is 0 Å². The van der Waals surface area contributed by atoms with E-state index in [0.717, 1.165) is 0 Å². The van der Waals surface area contributed by atoms with E-state index in [4.69, 9.17) is 43.0 Å². The molecule has 1 heterocycles. The zero-order valence-corrected chi connectivity index (χ0v) is 18.7. The predicted molar refractivity (Wildman–Crippen MR) is 87.5 cm³/mol. The molecular formula is C14H20BCl2KNO4-. The Bertz CT molecular complexity index is 530. The van der Waals surface area contributed by atoms with Crippen molar-refractivity contribution >= 4 is 35.8 Å². The van der Waals surface area contributed by atoms with Gasteiger partial charge in [0.05, 0.1) is 17.8 Å². The topological polar surface area (TPSA) is 83.7 Å².